The number of likely N-dealkylation sites (N-methyl/N-ethyl adjacent to an activating group) is 1. The lowest BCUT2D eigenvalue weighted by atomic mass is 9.99. The molecule has 0 radical (unpaired) electrons. The van der Waals surface area contributed by atoms with Crippen LogP contribution in [-0.2, 0) is 4.79 Å². The molecule has 6 heteroatoms. The molecule has 0 fully saturated rings. The normalized spacial score (nSPS) is 17.5. The summed E-state index contributed by atoms with van der Waals surface area (Å²) in [5.41, 5.74) is 4.39. The highest BCUT2D eigenvalue weighted by Crippen LogP contribution is 2.31. The van der Waals surface area contributed by atoms with Gasteiger partial charge in [-0.3, -0.25) is 9.79 Å². The Morgan fingerprint density at radius 1 is 1.03 bits per heavy atom. The van der Waals surface area contributed by atoms with Crippen LogP contribution in [-0.4, -0.2) is 35.9 Å². The smallest absolute Gasteiger partial charge is 0.254 e. The third kappa shape index (κ3) is 4.49. The van der Waals surface area contributed by atoms with E-state index in [-0.39, 0.29) is 5.91 Å². The Hall–Kier alpha value is -2.92. The van der Waals surface area contributed by atoms with E-state index in [2.05, 4.69) is 0 Å². The number of benzodiazepines with no additional fused rings is 1. The topological polar surface area (TPSA) is 52.9 Å². The highest BCUT2D eigenvalue weighted by atomic mass is 35.5. The molecule has 0 unspecified atom stereocenters. The van der Waals surface area contributed by atoms with Gasteiger partial charge in [0.1, 0.15) is 6.10 Å². The van der Waals surface area contributed by atoms with Gasteiger partial charge in [0.15, 0.2) is 6.04 Å². The molecule has 0 saturated carbocycles. The van der Waals surface area contributed by atoms with E-state index in [9.17, 15) is 9.90 Å². The number of carbonyl (C=O) groups excluding carboxylic acids is 1. The van der Waals surface area contributed by atoms with Gasteiger partial charge in [-0.25, -0.2) is 0 Å². The van der Waals surface area contributed by atoms with Crippen molar-refractivity contribution >= 4 is 46.6 Å². The quantitative estimate of drug-likeness (QED) is 0.542. The maximum absolute atomic E-state index is 13.4. The van der Waals surface area contributed by atoms with Crippen LogP contribution in [0.1, 0.15) is 23.6 Å². The molecule has 0 aromatic heterocycles. The van der Waals surface area contributed by atoms with Gasteiger partial charge in [0.05, 0.1) is 11.4 Å². The summed E-state index contributed by atoms with van der Waals surface area (Å²) in [6, 6.07) is 21.2. The van der Waals surface area contributed by atoms with Crippen molar-refractivity contribution in [1.29, 1.82) is 0 Å². The number of anilines is 1. The number of nitrogens with zero attached hydrogens (tertiary/aromatic N) is 2. The van der Waals surface area contributed by atoms with Gasteiger partial charge >= 0.3 is 0 Å². The lowest BCUT2D eigenvalue weighted by Crippen LogP contribution is -2.42. The molecule has 0 saturated heterocycles. The summed E-state index contributed by atoms with van der Waals surface area (Å²) in [4.78, 5) is 19.7. The minimum atomic E-state index is -1.11. The molecule has 162 valence electrons. The number of hydrogen-bond donors (Lipinski definition) is 1. The Kier molecular flexibility index (Phi) is 6.47. The number of fused-ring (bicyclic) bond motifs is 1. The van der Waals surface area contributed by atoms with E-state index in [0.717, 1.165) is 16.7 Å². The summed E-state index contributed by atoms with van der Waals surface area (Å²) in [6.07, 6.45) is 0.727. The van der Waals surface area contributed by atoms with Crippen molar-refractivity contribution in [2.75, 3.05) is 11.9 Å². The fourth-order valence-electron chi connectivity index (χ4n) is 3.76. The van der Waals surface area contributed by atoms with Gasteiger partial charge in [0, 0.05) is 28.2 Å². The molecule has 3 aromatic carbocycles. The molecule has 4 rings (SSSR count). The van der Waals surface area contributed by atoms with E-state index in [1.54, 1.807) is 44.3 Å². The monoisotopic (exact) mass is 464 g/mol. The van der Waals surface area contributed by atoms with Crippen molar-refractivity contribution in [3.05, 3.63) is 105 Å². The zero-order valence-electron chi connectivity index (χ0n) is 17.7. The van der Waals surface area contributed by atoms with E-state index < -0.39 is 12.1 Å². The molecule has 1 aliphatic rings. The third-order valence-corrected chi connectivity index (χ3v) is 5.99. The Morgan fingerprint density at radius 3 is 2.38 bits per heavy atom. The van der Waals surface area contributed by atoms with Gasteiger partial charge < -0.3 is 10.0 Å². The van der Waals surface area contributed by atoms with E-state index in [4.69, 9.17) is 28.2 Å². The molecule has 0 bridgehead atoms. The second-order valence-corrected chi connectivity index (χ2v) is 8.60. The van der Waals surface area contributed by atoms with Gasteiger partial charge in [0.2, 0.25) is 0 Å². The van der Waals surface area contributed by atoms with Crippen LogP contribution < -0.4 is 4.90 Å². The number of halogens is 2. The van der Waals surface area contributed by atoms with Gasteiger partial charge in [-0.1, -0.05) is 71.7 Å². The first-order chi connectivity index (χ1) is 15.3. The molecule has 0 aliphatic carbocycles. The molecular formula is C26H22Cl2N2O2. The zero-order valence-corrected chi connectivity index (χ0v) is 19.2. The predicted octanol–water partition coefficient (Wildman–Crippen LogP) is 5.64. The van der Waals surface area contributed by atoms with Gasteiger partial charge in [-0.05, 0) is 48.4 Å². The minimum Gasteiger partial charge on any atom is -0.386 e. The molecule has 1 aliphatic heterocycles. The highest BCUT2D eigenvalue weighted by molar-refractivity contribution is 6.32. The minimum absolute atomic E-state index is 0.296. The van der Waals surface area contributed by atoms with Crippen molar-refractivity contribution in [3.63, 3.8) is 0 Å². The first kappa shape index (κ1) is 22.3. The Morgan fingerprint density at radius 2 is 1.69 bits per heavy atom. The molecule has 0 spiro atoms. The Balaban J connectivity index is 1.82. The Labute approximate surface area is 197 Å². The summed E-state index contributed by atoms with van der Waals surface area (Å²) < 4.78 is 0. The lowest BCUT2D eigenvalue weighted by Gasteiger charge is -2.24. The lowest BCUT2D eigenvalue weighted by molar-refractivity contribution is -0.121. The number of amides is 1. The van der Waals surface area contributed by atoms with Crippen LogP contribution in [0, 0.1) is 0 Å². The Bertz CT molecular complexity index is 1200. The molecule has 2 atom stereocenters. The summed E-state index contributed by atoms with van der Waals surface area (Å²) in [5.74, 6) is -0.296. The largest absolute Gasteiger partial charge is 0.386 e. The second-order valence-electron chi connectivity index (χ2n) is 7.73. The molecular weight excluding hydrogens is 443 g/mol. The number of carbonyl (C=O) groups is 1. The molecule has 4 nitrogen and oxygen atoms in total. The van der Waals surface area contributed by atoms with Crippen molar-refractivity contribution in [2.45, 2.75) is 19.1 Å². The molecule has 1 amide bonds. The molecule has 3 aromatic rings. The van der Waals surface area contributed by atoms with Crippen LogP contribution in [0.5, 0.6) is 0 Å². The van der Waals surface area contributed by atoms with Gasteiger partial charge in [-0.15, -0.1) is 0 Å². The fraction of sp³-hybridized carbons (Fsp3) is 0.154. The van der Waals surface area contributed by atoms with Crippen LogP contribution in [0.15, 0.2) is 83.4 Å². The number of benzene rings is 3. The number of rotatable bonds is 4. The van der Waals surface area contributed by atoms with Crippen LogP contribution in [0.3, 0.4) is 0 Å². The summed E-state index contributed by atoms with van der Waals surface area (Å²) in [5, 5.41) is 12.4. The average Bonchev–Trinajstić information content (AvgIpc) is 2.90. The number of aliphatic hydroxyl groups excluding tert-OH is 1. The second kappa shape index (κ2) is 9.29. The van der Waals surface area contributed by atoms with Crippen LogP contribution >= 0.6 is 23.2 Å². The molecule has 1 heterocycles. The molecule has 32 heavy (non-hydrogen) atoms. The van der Waals surface area contributed by atoms with Crippen molar-refractivity contribution < 1.29 is 9.90 Å². The van der Waals surface area contributed by atoms with Crippen molar-refractivity contribution in [2.24, 2.45) is 4.99 Å². The number of aliphatic hydroxyl groups is 1. The van der Waals surface area contributed by atoms with Crippen molar-refractivity contribution in [1.82, 2.24) is 0 Å². The average molecular weight is 465 g/mol. The maximum Gasteiger partial charge on any atom is 0.254 e. The summed E-state index contributed by atoms with van der Waals surface area (Å²) in [7, 11) is 1.69. The number of aliphatic imine (C=N–C) groups is 1. The summed E-state index contributed by atoms with van der Waals surface area (Å²) >= 11 is 12.3. The SMILES string of the molecule is C/C(=C\c1ccc(Cl)cc1)[C@H](O)[C@H]1N=C(c2ccccc2)c2cc(Cl)ccc2N(C)C1=O. The van der Waals surface area contributed by atoms with E-state index in [1.807, 2.05) is 48.5 Å². The number of hydrogen-bond acceptors (Lipinski definition) is 3. The van der Waals surface area contributed by atoms with Crippen LogP contribution in [0.4, 0.5) is 5.69 Å². The zero-order chi connectivity index (χ0) is 22.8. The van der Waals surface area contributed by atoms with Gasteiger partial charge in [0.25, 0.3) is 5.91 Å². The highest BCUT2D eigenvalue weighted by Gasteiger charge is 2.35. The standard InChI is InChI=1S/C26H22Cl2N2O2/c1-16(14-17-8-10-19(27)11-9-17)25(31)24-26(32)30(2)22-13-12-20(28)15-21(22)23(29-24)18-6-4-3-5-7-18/h3-15,24-25,31H,1-2H3/b16-14+/t24-,25+/m1/s1. The first-order valence-electron chi connectivity index (χ1n) is 10.2. The van der Waals surface area contributed by atoms with E-state index in [1.165, 1.54) is 4.90 Å². The maximum atomic E-state index is 13.4. The van der Waals surface area contributed by atoms with Crippen LogP contribution in [0.25, 0.3) is 6.08 Å². The van der Waals surface area contributed by atoms with E-state index >= 15 is 0 Å². The van der Waals surface area contributed by atoms with Gasteiger partial charge in [-0.2, -0.15) is 0 Å². The van der Waals surface area contributed by atoms with Crippen LogP contribution in [0.2, 0.25) is 10.0 Å². The summed E-state index contributed by atoms with van der Waals surface area (Å²) in [6.45, 7) is 1.79. The fourth-order valence-corrected chi connectivity index (χ4v) is 4.06. The van der Waals surface area contributed by atoms with E-state index in [0.29, 0.717) is 27.0 Å². The third-order valence-electron chi connectivity index (χ3n) is 5.50. The predicted molar refractivity (Wildman–Crippen MR) is 132 cm³/mol. The first-order valence-corrected chi connectivity index (χ1v) is 10.9. The molecule has 1 N–H and O–H groups in total. The van der Waals surface area contributed by atoms with Crippen molar-refractivity contribution in [3.8, 4) is 0 Å².